The predicted octanol–water partition coefficient (Wildman–Crippen LogP) is 19.0. The molecule has 0 aromatic rings. The molecular formula is C61H106O6. The van der Waals surface area contributed by atoms with Crippen molar-refractivity contribution >= 4 is 17.9 Å². The molecule has 0 heterocycles. The minimum atomic E-state index is -0.782. The molecule has 0 fully saturated rings. The Labute approximate surface area is 414 Å². The molecule has 6 nitrogen and oxygen atoms in total. The number of esters is 3. The van der Waals surface area contributed by atoms with Crippen molar-refractivity contribution in [3.8, 4) is 0 Å². The number of rotatable bonds is 51. The second-order valence-electron chi connectivity index (χ2n) is 18.8. The first-order chi connectivity index (χ1) is 33.0. The van der Waals surface area contributed by atoms with Crippen molar-refractivity contribution in [2.24, 2.45) is 0 Å². The van der Waals surface area contributed by atoms with Crippen LogP contribution in [-0.2, 0) is 28.6 Å². The molecule has 0 aliphatic heterocycles. The van der Waals surface area contributed by atoms with Crippen LogP contribution in [0.25, 0.3) is 0 Å². The highest BCUT2D eigenvalue weighted by Gasteiger charge is 2.19. The van der Waals surface area contributed by atoms with Gasteiger partial charge in [-0.05, 0) is 89.9 Å². The molecule has 0 radical (unpaired) electrons. The predicted molar refractivity (Wildman–Crippen MR) is 288 cm³/mol. The fourth-order valence-corrected chi connectivity index (χ4v) is 7.93. The van der Waals surface area contributed by atoms with Crippen molar-refractivity contribution < 1.29 is 28.6 Å². The van der Waals surface area contributed by atoms with E-state index in [1.54, 1.807) is 0 Å². The molecule has 0 aliphatic rings. The minimum absolute atomic E-state index is 0.0815. The molecule has 67 heavy (non-hydrogen) atoms. The molecule has 0 aromatic heterocycles. The number of carbonyl (C=O) groups excluding carboxylic acids is 3. The highest BCUT2D eigenvalue weighted by atomic mass is 16.6. The molecule has 0 aromatic carbocycles. The van der Waals surface area contributed by atoms with Crippen LogP contribution in [0.5, 0.6) is 0 Å². The van der Waals surface area contributed by atoms with E-state index in [1.807, 2.05) is 0 Å². The molecule has 0 saturated heterocycles. The van der Waals surface area contributed by atoms with Crippen molar-refractivity contribution in [2.45, 2.75) is 284 Å². The Balaban J connectivity index is 4.24. The lowest BCUT2D eigenvalue weighted by molar-refractivity contribution is -0.167. The Morgan fingerprint density at radius 2 is 0.582 bits per heavy atom. The summed E-state index contributed by atoms with van der Waals surface area (Å²) in [6, 6.07) is 0. The first kappa shape index (κ1) is 63.8. The highest BCUT2D eigenvalue weighted by Crippen LogP contribution is 2.15. The van der Waals surface area contributed by atoms with E-state index in [0.717, 1.165) is 109 Å². The molecule has 0 rings (SSSR count). The SMILES string of the molecule is CC/C=C\C/C=C\C/C=C\C/C=C\C/C=C\CCCCCCCC(=O)OCC(COC(=O)CCCCCCCCC)OC(=O)CCCCCCCCCCC/C=C\CCCCCCCCCC. The maximum Gasteiger partial charge on any atom is 0.306 e. The molecule has 0 aliphatic carbocycles. The van der Waals surface area contributed by atoms with E-state index in [4.69, 9.17) is 14.2 Å². The van der Waals surface area contributed by atoms with Crippen molar-refractivity contribution in [1.29, 1.82) is 0 Å². The molecule has 6 heteroatoms. The van der Waals surface area contributed by atoms with Gasteiger partial charge in [-0.2, -0.15) is 0 Å². The molecule has 1 atom stereocenters. The van der Waals surface area contributed by atoms with E-state index in [1.165, 1.54) is 128 Å². The van der Waals surface area contributed by atoms with E-state index >= 15 is 0 Å². The average molecular weight is 936 g/mol. The largest absolute Gasteiger partial charge is 0.462 e. The summed E-state index contributed by atoms with van der Waals surface area (Å²) in [5.74, 6) is -0.903. The Kier molecular flexibility index (Phi) is 52.8. The monoisotopic (exact) mass is 935 g/mol. The van der Waals surface area contributed by atoms with Gasteiger partial charge < -0.3 is 14.2 Å². The maximum atomic E-state index is 12.8. The van der Waals surface area contributed by atoms with E-state index in [2.05, 4.69) is 93.7 Å². The molecule has 0 N–H and O–H groups in total. The first-order valence-corrected chi connectivity index (χ1v) is 28.4. The smallest absolute Gasteiger partial charge is 0.306 e. The standard InChI is InChI=1S/C61H106O6/c1-4-7-10-13-16-18-20-22-24-26-28-30-32-34-36-38-40-42-45-48-51-54-60(63)66-57-58(56-65-59(62)53-50-47-44-15-12-9-6-3)67-61(64)55-52-49-46-43-41-39-37-35-33-31-29-27-25-23-21-19-17-14-11-8-5-2/h7,10,16,18,22,24,27-30,34,36,58H,4-6,8-9,11-15,17,19-21,23,25-26,31-33,35,37-57H2,1-3H3/b10-7-,18-16-,24-22-,29-27-,30-28-,36-34-. The van der Waals surface area contributed by atoms with Gasteiger partial charge >= 0.3 is 17.9 Å². The van der Waals surface area contributed by atoms with Gasteiger partial charge in [-0.3, -0.25) is 14.4 Å². The fraction of sp³-hybridized carbons (Fsp3) is 0.754. The van der Waals surface area contributed by atoms with E-state index in [9.17, 15) is 14.4 Å². The van der Waals surface area contributed by atoms with E-state index < -0.39 is 6.10 Å². The summed E-state index contributed by atoms with van der Waals surface area (Å²) in [7, 11) is 0. The van der Waals surface area contributed by atoms with Gasteiger partial charge in [0.25, 0.3) is 0 Å². The van der Waals surface area contributed by atoms with Gasteiger partial charge in [0.1, 0.15) is 13.2 Å². The van der Waals surface area contributed by atoms with Crippen molar-refractivity contribution in [3.05, 3.63) is 72.9 Å². The number of hydrogen-bond acceptors (Lipinski definition) is 6. The van der Waals surface area contributed by atoms with E-state index in [0.29, 0.717) is 19.3 Å². The zero-order valence-corrected chi connectivity index (χ0v) is 44.2. The van der Waals surface area contributed by atoms with Crippen molar-refractivity contribution in [2.75, 3.05) is 13.2 Å². The summed E-state index contributed by atoms with van der Waals surface area (Å²) < 4.78 is 16.8. The van der Waals surface area contributed by atoms with Gasteiger partial charge in [0.05, 0.1) is 0 Å². The zero-order valence-electron chi connectivity index (χ0n) is 44.2. The molecule has 386 valence electrons. The van der Waals surface area contributed by atoms with Gasteiger partial charge in [-0.1, -0.05) is 241 Å². The highest BCUT2D eigenvalue weighted by molar-refractivity contribution is 5.71. The van der Waals surface area contributed by atoms with Crippen molar-refractivity contribution in [3.63, 3.8) is 0 Å². The Morgan fingerprint density at radius 1 is 0.313 bits per heavy atom. The van der Waals surface area contributed by atoms with Crippen LogP contribution in [-0.4, -0.2) is 37.2 Å². The number of carbonyl (C=O) groups is 3. The first-order valence-electron chi connectivity index (χ1n) is 28.4. The van der Waals surface area contributed by atoms with E-state index in [-0.39, 0.29) is 31.1 Å². The summed E-state index contributed by atoms with van der Waals surface area (Å²) in [4.78, 5) is 37.9. The fourth-order valence-electron chi connectivity index (χ4n) is 7.93. The number of unbranched alkanes of at least 4 members (excludes halogenated alkanes) is 28. The summed E-state index contributed by atoms with van der Waals surface area (Å²) in [5, 5.41) is 0. The topological polar surface area (TPSA) is 78.9 Å². The van der Waals surface area contributed by atoms with Crippen LogP contribution in [0.2, 0.25) is 0 Å². The lowest BCUT2D eigenvalue weighted by Crippen LogP contribution is -2.30. The third-order valence-electron chi connectivity index (χ3n) is 12.2. The van der Waals surface area contributed by atoms with Crippen LogP contribution in [0.1, 0.15) is 278 Å². The Morgan fingerprint density at radius 3 is 0.925 bits per heavy atom. The van der Waals surface area contributed by atoms with Crippen molar-refractivity contribution in [1.82, 2.24) is 0 Å². The molecule has 0 spiro atoms. The molecule has 0 amide bonds. The van der Waals surface area contributed by atoms with Gasteiger partial charge in [0.2, 0.25) is 0 Å². The van der Waals surface area contributed by atoms with Gasteiger partial charge in [-0.25, -0.2) is 0 Å². The Bertz CT molecular complexity index is 1260. The van der Waals surface area contributed by atoms with Gasteiger partial charge in [0, 0.05) is 19.3 Å². The normalized spacial score (nSPS) is 12.6. The zero-order chi connectivity index (χ0) is 48.6. The third kappa shape index (κ3) is 53.7. The summed E-state index contributed by atoms with van der Waals surface area (Å²) in [6.45, 7) is 6.48. The quantitative estimate of drug-likeness (QED) is 0.0262. The Hall–Kier alpha value is -3.15. The average Bonchev–Trinajstić information content (AvgIpc) is 3.33. The number of hydrogen-bond donors (Lipinski definition) is 0. The minimum Gasteiger partial charge on any atom is -0.462 e. The van der Waals surface area contributed by atoms with Crippen LogP contribution in [0.3, 0.4) is 0 Å². The van der Waals surface area contributed by atoms with Crippen LogP contribution in [0.4, 0.5) is 0 Å². The van der Waals surface area contributed by atoms with Crippen LogP contribution >= 0.6 is 0 Å². The lowest BCUT2D eigenvalue weighted by atomic mass is 10.1. The summed E-state index contributed by atoms with van der Waals surface area (Å²) >= 11 is 0. The number of allylic oxidation sites excluding steroid dienone is 12. The molecule has 1 unspecified atom stereocenters. The van der Waals surface area contributed by atoms with Crippen LogP contribution < -0.4 is 0 Å². The molecule has 0 bridgehead atoms. The van der Waals surface area contributed by atoms with Crippen LogP contribution in [0, 0.1) is 0 Å². The lowest BCUT2D eigenvalue weighted by Gasteiger charge is -2.18. The molecular weight excluding hydrogens is 829 g/mol. The maximum absolute atomic E-state index is 12.8. The van der Waals surface area contributed by atoms with Gasteiger partial charge in [-0.15, -0.1) is 0 Å². The second kappa shape index (κ2) is 55.4. The molecule has 0 saturated carbocycles. The second-order valence-corrected chi connectivity index (χ2v) is 18.8. The summed E-state index contributed by atoms with van der Waals surface area (Å²) in [6.07, 6.45) is 70.5. The third-order valence-corrected chi connectivity index (χ3v) is 12.2. The van der Waals surface area contributed by atoms with Crippen LogP contribution in [0.15, 0.2) is 72.9 Å². The van der Waals surface area contributed by atoms with Gasteiger partial charge in [0.15, 0.2) is 6.10 Å². The number of ether oxygens (including phenoxy) is 3. The summed E-state index contributed by atoms with van der Waals surface area (Å²) in [5.41, 5.74) is 0.